The molecular weight excluding hydrogens is 386 g/mol. The fourth-order valence-corrected chi connectivity index (χ4v) is 3.31. The van der Waals surface area contributed by atoms with E-state index in [0.29, 0.717) is 24.4 Å². The highest BCUT2D eigenvalue weighted by Gasteiger charge is 2.09. The molecule has 0 unspecified atom stereocenters. The molecule has 1 aromatic heterocycles. The van der Waals surface area contributed by atoms with Crippen LogP contribution in [0.4, 0.5) is 5.69 Å². The molecule has 1 amide bonds. The first-order valence-electron chi connectivity index (χ1n) is 10.2. The van der Waals surface area contributed by atoms with Crippen LogP contribution in [-0.2, 0) is 13.2 Å². The third-order valence-electron chi connectivity index (χ3n) is 5.01. The average molecular weight is 412 g/mol. The van der Waals surface area contributed by atoms with Gasteiger partial charge in [-0.05, 0) is 54.3 Å². The first-order valence-corrected chi connectivity index (χ1v) is 10.2. The van der Waals surface area contributed by atoms with Gasteiger partial charge in [-0.15, -0.1) is 0 Å². The zero-order chi connectivity index (χ0) is 21.6. The summed E-state index contributed by atoms with van der Waals surface area (Å²) in [6.07, 6.45) is 3.49. The molecule has 0 aliphatic rings. The van der Waals surface area contributed by atoms with Gasteiger partial charge in [-0.1, -0.05) is 54.6 Å². The van der Waals surface area contributed by atoms with Gasteiger partial charge in [0, 0.05) is 11.8 Å². The van der Waals surface area contributed by atoms with Crippen molar-refractivity contribution < 1.29 is 9.53 Å². The SMILES string of the molecule is Cc1ccc(C)c(OCc2cccc(C(=O)Nc3cnn(Cc4ccccc4)c3)c2)c1. The van der Waals surface area contributed by atoms with Crippen LogP contribution in [0.3, 0.4) is 0 Å². The molecule has 1 N–H and O–H groups in total. The summed E-state index contributed by atoms with van der Waals surface area (Å²) >= 11 is 0. The summed E-state index contributed by atoms with van der Waals surface area (Å²) in [6, 6.07) is 23.7. The molecule has 4 aromatic rings. The number of carbonyl (C=O) groups is 1. The molecule has 5 nitrogen and oxygen atoms in total. The largest absolute Gasteiger partial charge is 0.489 e. The van der Waals surface area contributed by atoms with Crippen molar-refractivity contribution in [3.63, 3.8) is 0 Å². The van der Waals surface area contributed by atoms with Crippen LogP contribution >= 0.6 is 0 Å². The normalized spacial score (nSPS) is 10.6. The van der Waals surface area contributed by atoms with E-state index in [9.17, 15) is 4.79 Å². The van der Waals surface area contributed by atoms with Crippen LogP contribution in [-0.4, -0.2) is 15.7 Å². The van der Waals surface area contributed by atoms with Gasteiger partial charge in [0.05, 0.1) is 18.4 Å². The van der Waals surface area contributed by atoms with E-state index < -0.39 is 0 Å². The fraction of sp³-hybridized carbons (Fsp3) is 0.154. The van der Waals surface area contributed by atoms with Gasteiger partial charge in [0.2, 0.25) is 0 Å². The minimum absolute atomic E-state index is 0.173. The Morgan fingerprint density at radius 1 is 0.968 bits per heavy atom. The van der Waals surface area contributed by atoms with E-state index in [1.807, 2.05) is 80.7 Å². The Labute approximate surface area is 182 Å². The highest BCUT2D eigenvalue weighted by molar-refractivity contribution is 6.04. The van der Waals surface area contributed by atoms with Crippen molar-refractivity contribution in [1.82, 2.24) is 9.78 Å². The number of rotatable bonds is 7. The summed E-state index contributed by atoms with van der Waals surface area (Å²) in [6.45, 7) is 5.12. The van der Waals surface area contributed by atoms with Crippen LogP contribution < -0.4 is 10.1 Å². The Kier molecular flexibility index (Phi) is 6.13. The third-order valence-corrected chi connectivity index (χ3v) is 5.01. The number of nitrogens with zero attached hydrogens (tertiary/aromatic N) is 2. The predicted octanol–water partition coefficient (Wildman–Crippen LogP) is 5.38. The minimum atomic E-state index is -0.173. The molecule has 0 spiro atoms. The standard InChI is InChI=1S/C26H25N3O2/c1-19-11-12-20(2)25(13-19)31-18-22-9-6-10-23(14-22)26(30)28-24-15-27-29(17-24)16-21-7-4-3-5-8-21/h3-15,17H,16,18H2,1-2H3,(H,28,30). The molecular formula is C26H25N3O2. The number of hydrogen-bond acceptors (Lipinski definition) is 3. The minimum Gasteiger partial charge on any atom is -0.489 e. The van der Waals surface area contributed by atoms with E-state index in [0.717, 1.165) is 28.0 Å². The van der Waals surface area contributed by atoms with Crippen LogP contribution in [0.5, 0.6) is 5.75 Å². The number of aromatic nitrogens is 2. The molecule has 0 radical (unpaired) electrons. The van der Waals surface area contributed by atoms with Crippen molar-refractivity contribution in [2.24, 2.45) is 0 Å². The average Bonchev–Trinajstić information content (AvgIpc) is 3.22. The van der Waals surface area contributed by atoms with E-state index in [-0.39, 0.29) is 5.91 Å². The maximum atomic E-state index is 12.7. The lowest BCUT2D eigenvalue weighted by Gasteiger charge is -2.11. The Hall–Kier alpha value is -3.86. The van der Waals surface area contributed by atoms with Crippen molar-refractivity contribution in [2.75, 3.05) is 5.32 Å². The molecule has 0 bridgehead atoms. The van der Waals surface area contributed by atoms with E-state index in [1.165, 1.54) is 0 Å². The van der Waals surface area contributed by atoms with Crippen molar-refractivity contribution in [3.8, 4) is 5.75 Å². The Morgan fingerprint density at radius 2 is 1.77 bits per heavy atom. The van der Waals surface area contributed by atoms with E-state index in [4.69, 9.17) is 4.74 Å². The quantitative estimate of drug-likeness (QED) is 0.444. The first kappa shape index (κ1) is 20.4. The molecule has 0 aliphatic heterocycles. The van der Waals surface area contributed by atoms with Crippen LogP contribution in [0.2, 0.25) is 0 Å². The molecule has 0 saturated carbocycles. The Balaban J connectivity index is 1.38. The second kappa shape index (κ2) is 9.30. The number of benzene rings is 3. The van der Waals surface area contributed by atoms with Crippen molar-refractivity contribution in [1.29, 1.82) is 0 Å². The second-order valence-electron chi connectivity index (χ2n) is 7.62. The van der Waals surface area contributed by atoms with Crippen LogP contribution in [0.25, 0.3) is 0 Å². The molecule has 4 rings (SSSR count). The molecule has 3 aromatic carbocycles. The lowest BCUT2D eigenvalue weighted by molar-refractivity contribution is 0.102. The van der Waals surface area contributed by atoms with Crippen molar-refractivity contribution in [3.05, 3.63) is 113 Å². The third kappa shape index (κ3) is 5.39. The topological polar surface area (TPSA) is 56.1 Å². The summed E-state index contributed by atoms with van der Waals surface area (Å²) in [4.78, 5) is 12.7. The van der Waals surface area contributed by atoms with E-state index in [2.05, 4.69) is 16.5 Å². The van der Waals surface area contributed by atoms with Gasteiger partial charge in [0.15, 0.2) is 0 Å². The van der Waals surface area contributed by atoms with Gasteiger partial charge in [0.1, 0.15) is 12.4 Å². The fourth-order valence-electron chi connectivity index (χ4n) is 3.31. The molecule has 31 heavy (non-hydrogen) atoms. The van der Waals surface area contributed by atoms with Gasteiger partial charge in [-0.3, -0.25) is 9.48 Å². The summed E-state index contributed by atoms with van der Waals surface area (Å²) in [7, 11) is 0. The van der Waals surface area contributed by atoms with Gasteiger partial charge >= 0.3 is 0 Å². The first-order chi connectivity index (χ1) is 15.1. The molecule has 0 saturated heterocycles. The number of nitrogens with one attached hydrogen (secondary N) is 1. The number of hydrogen-bond donors (Lipinski definition) is 1. The van der Waals surface area contributed by atoms with Crippen LogP contribution in [0.15, 0.2) is 85.2 Å². The molecule has 0 aliphatic carbocycles. The number of aryl methyl sites for hydroxylation is 2. The lowest BCUT2D eigenvalue weighted by Crippen LogP contribution is -2.12. The van der Waals surface area contributed by atoms with Crippen LogP contribution in [0, 0.1) is 13.8 Å². The van der Waals surface area contributed by atoms with Gasteiger partial charge < -0.3 is 10.1 Å². The molecule has 0 atom stereocenters. The van der Waals surface area contributed by atoms with E-state index >= 15 is 0 Å². The maximum absolute atomic E-state index is 12.7. The summed E-state index contributed by atoms with van der Waals surface area (Å²) in [5.74, 6) is 0.688. The van der Waals surface area contributed by atoms with Crippen molar-refractivity contribution >= 4 is 11.6 Å². The van der Waals surface area contributed by atoms with Gasteiger partial charge in [-0.2, -0.15) is 5.10 Å². The highest BCUT2D eigenvalue weighted by atomic mass is 16.5. The van der Waals surface area contributed by atoms with Crippen LogP contribution in [0.1, 0.15) is 32.6 Å². The maximum Gasteiger partial charge on any atom is 0.255 e. The number of ether oxygens (including phenoxy) is 1. The molecule has 1 heterocycles. The zero-order valence-corrected chi connectivity index (χ0v) is 17.7. The Morgan fingerprint density at radius 3 is 2.61 bits per heavy atom. The zero-order valence-electron chi connectivity index (χ0n) is 17.7. The van der Waals surface area contributed by atoms with E-state index in [1.54, 1.807) is 16.9 Å². The monoisotopic (exact) mass is 411 g/mol. The predicted molar refractivity (Wildman–Crippen MR) is 122 cm³/mol. The number of carbonyl (C=O) groups excluding carboxylic acids is 1. The summed E-state index contributed by atoms with van der Waals surface area (Å²) in [5.41, 5.74) is 5.58. The summed E-state index contributed by atoms with van der Waals surface area (Å²) < 4.78 is 7.78. The van der Waals surface area contributed by atoms with Gasteiger partial charge in [0.25, 0.3) is 5.91 Å². The Bertz CT molecular complexity index is 1180. The molecule has 0 fully saturated rings. The smallest absolute Gasteiger partial charge is 0.255 e. The number of amides is 1. The lowest BCUT2D eigenvalue weighted by atomic mass is 10.1. The van der Waals surface area contributed by atoms with Crippen molar-refractivity contribution in [2.45, 2.75) is 27.0 Å². The molecule has 156 valence electrons. The summed E-state index contributed by atoms with van der Waals surface area (Å²) in [5, 5.41) is 7.25. The molecule has 5 heteroatoms. The highest BCUT2D eigenvalue weighted by Crippen LogP contribution is 2.21. The second-order valence-corrected chi connectivity index (χ2v) is 7.62. The number of anilines is 1. The van der Waals surface area contributed by atoms with Gasteiger partial charge in [-0.25, -0.2) is 0 Å².